The number of halogens is 1. The van der Waals surface area contributed by atoms with Crippen molar-refractivity contribution in [3.63, 3.8) is 0 Å². The lowest BCUT2D eigenvalue weighted by atomic mass is 9.83. The maximum Gasteiger partial charge on any atom is 0.308 e. The van der Waals surface area contributed by atoms with Gasteiger partial charge in [0.2, 0.25) is 17.7 Å². The number of aromatic nitrogens is 1. The van der Waals surface area contributed by atoms with E-state index in [9.17, 15) is 19.2 Å². The van der Waals surface area contributed by atoms with Crippen molar-refractivity contribution in [1.82, 2.24) is 4.57 Å². The minimum absolute atomic E-state index is 0.240. The van der Waals surface area contributed by atoms with Crippen LogP contribution in [0.25, 0.3) is 0 Å². The van der Waals surface area contributed by atoms with E-state index in [0.717, 1.165) is 35.7 Å². The number of thiazole rings is 1. The fourth-order valence-corrected chi connectivity index (χ4v) is 8.86. The third-order valence-electron chi connectivity index (χ3n) is 8.19. The Kier molecular flexibility index (Phi) is 8.76. The smallest absolute Gasteiger partial charge is 0.308 e. The van der Waals surface area contributed by atoms with E-state index in [0.29, 0.717) is 32.1 Å². The molecule has 0 unspecified atom stereocenters. The van der Waals surface area contributed by atoms with Gasteiger partial charge in [-0.2, -0.15) is 0 Å². The van der Waals surface area contributed by atoms with Gasteiger partial charge in [-0.25, -0.2) is 4.90 Å². The number of amides is 3. The van der Waals surface area contributed by atoms with Gasteiger partial charge in [-0.05, 0) is 80.1 Å². The Balaban J connectivity index is 1.40. The van der Waals surface area contributed by atoms with Gasteiger partial charge in [-0.3, -0.25) is 23.7 Å². The van der Waals surface area contributed by atoms with E-state index in [-0.39, 0.29) is 23.2 Å². The van der Waals surface area contributed by atoms with Crippen molar-refractivity contribution in [2.45, 2.75) is 36.6 Å². The van der Waals surface area contributed by atoms with E-state index in [2.05, 4.69) is 24.1 Å². The molecule has 4 aromatic rings. The van der Waals surface area contributed by atoms with Crippen molar-refractivity contribution in [2.24, 2.45) is 5.92 Å². The van der Waals surface area contributed by atoms with Crippen molar-refractivity contribution >= 4 is 69.5 Å². The average molecular weight is 663 g/mol. The largest absolute Gasteiger partial charge is 0.497 e. The SMILES string of the molecule is CCN(CC)c1ccc([C@@H]2c3sc(=O)n(CC(=O)Nc4ccc(Cl)cc4)c3S[C@H]3C(=O)N(c4ccc(OC)cc4)C(=O)[C@@H]23)cc1. The Bertz CT molecular complexity index is 1800. The molecule has 0 saturated carbocycles. The maximum atomic E-state index is 14.2. The summed E-state index contributed by atoms with van der Waals surface area (Å²) in [5.41, 5.74) is 2.88. The molecule has 1 aromatic heterocycles. The van der Waals surface area contributed by atoms with Crippen molar-refractivity contribution in [1.29, 1.82) is 0 Å². The summed E-state index contributed by atoms with van der Waals surface area (Å²) in [5, 5.41) is 3.10. The number of hydrogen-bond acceptors (Lipinski definition) is 8. The molecule has 1 N–H and O–H groups in total. The van der Waals surface area contributed by atoms with Crippen molar-refractivity contribution in [2.75, 3.05) is 35.3 Å². The molecule has 1 fully saturated rings. The first-order chi connectivity index (χ1) is 21.7. The first-order valence-corrected chi connectivity index (χ1v) is 16.6. The molecule has 45 heavy (non-hydrogen) atoms. The van der Waals surface area contributed by atoms with Gasteiger partial charge in [0.15, 0.2) is 0 Å². The lowest BCUT2D eigenvalue weighted by Gasteiger charge is -2.31. The standard InChI is InChI=1S/C33H31ClN4O5S2/c1-4-36(5-2)22-12-6-19(7-13-22)26-27-28(31(41)38(30(27)40)23-14-16-24(43-3)17-15-23)44-32-29(26)45-33(42)37(32)18-25(39)35-21-10-8-20(34)9-11-21/h6-17,26-28H,4-5,18H2,1-3H3,(H,35,39)/t26-,27-,28+/m0/s1. The molecule has 0 aliphatic carbocycles. The Morgan fingerprint density at radius 1 is 0.933 bits per heavy atom. The van der Waals surface area contributed by atoms with E-state index < -0.39 is 23.0 Å². The number of nitrogens with one attached hydrogen (secondary N) is 1. The molecule has 3 amide bonds. The fraction of sp³-hybridized carbons (Fsp3) is 0.273. The zero-order valence-electron chi connectivity index (χ0n) is 24.9. The van der Waals surface area contributed by atoms with Crippen LogP contribution in [0.3, 0.4) is 0 Å². The predicted octanol–water partition coefficient (Wildman–Crippen LogP) is 5.85. The van der Waals surface area contributed by atoms with Crippen molar-refractivity contribution in [3.05, 3.63) is 97.9 Å². The molecule has 1 saturated heterocycles. The van der Waals surface area contributed by atoms with Crippen LogP contribution in [0.15, 0.2) is 82.6 Å². The number of anilines is 3. The topological polar surface area (TPSA) is 101 Å². The number of thioether (sulfide) groups is 1. The number of ether oxygens (including phenoxy) is 1. The van der Waals surface area contributed by atoms with E-state index in [1.165, 1.54) is 21.2 Å². The van der Waals surface area contributed by atoms with Crippen LogP contribution in [0, 0.1) is 5.92 Å². The van der Waals surface area contributed by atoms with Gasteiger partial charge >= 0.3 is 4.87 Å². The second kappa shape index (κ2) is 12.7. The first kappa shape index (κ1) is 30.9. The molecule has 0 bridgehead atoms. The van der Waals surface area contributed by atoms with E-state index in [4.69, 9.17) is 16.3 Å². The number of methoxy groups -OCH3 is 1. The monoisotopic (exact) mass is 662 g/mol. The lowest BCUT2D eigenvalue weighted by Crippen LogP contribution is -2.33. The fourth-order valence-electron chi connectivity index (χ4n) is 5.96. The Hall–Kier alpha value is -4.06. The Labute approximate surface area is 273 Å². The number of rotatable bonds is 9. The number of carbonyl (C=O) groups excluding carboxylic acids is 3. The second-order valence-corrected chi connectivity index (χ2v) is 13.3. The van der Waals surface area contributed by atoms with Crippen LogP contribution < -0.4 is 24.7 Å². The molecular weight excluding hydrogens is 632 g/mol. The quantitative estimate of drug-likeness (QED) is 0.224. The highest BCUT2D eigenvalue weighted by molar-refractivity contribution is 8.00. The average Bonchev–Trinajstić information content (AvgIpc) is 3.49. The van der Waals surface area contributed by atoms with Gasteiger partial charge in [0, 0.05) is 40.3 Å². The van der Waals surface area contributed by atoms with Gasteiger partial charge in [-0.1, -0.05) is 46.8 Å². The van der Waals surface area contributed by atoms with Crippen molar-refractivity contribution in [3.8, 4) is 5.75 Å². The van der Waals surface area contributed by atoms with Crippen LogP contribution in [-0.4, -0.2) is 47.7 Å². The Morgan fingerprint density at radius 2 is 1.60 bits per heavy atom. The van der Waals surface area contributed by atoms with Crippen molar-refractivity contribution < 1.29 is 19.1 Å². The van der Waals surface area contributed by atoms with Crippen LogP contribution in [0.5, 0.6) is 5.75 Å². The van der Waals surface area contributed by atoms with Gasteiger partial charge < -0.3 is 15.0 Å². The molecule has 3 atom stereocenters. The van der Waals surface area contributed by atoms with Crippen LogP contribution in [0.2, 0.25) is 5.02 Å². The molecule has 0 spiro atoms. The van der Waals surface area contributed by atoms with E-state index in [1.807, 2.05) is 24.3 Å². The van der Waals surface area contributed by atoms with E-state index in [1.54, 1.807) is 55.6 Å². The number of imide groups is 1. The summed E-state index contributed by atoms with van der Waals surface area (Å²) < 4.78 is 6.68. The summed E-state index contributed by atoms with van der Waals surface area (Å²) in [5.74, 6) is -1.73. The van der Waals surface area contributed by atoms with Gasteiger partial charge in [0.1, 0.15) is 17.5 Å². The maximum absolute atomic E-state index is 14.2. The molecule has 2 aliphatic heterocycles. The predicted molar refractivity (Wildman–Crippen MR) is 179 cm³/mol. The molecule has 0 radical (unpaired) electrons. The van der Waals surface area contributed by atoms with Crippen LogP contribution in [-0.2, 0) is 20.9 Å². The number of hydrogen-bond donors (Lipinski definition) is 1. The highest BCUT2D eigenvalue weighted by Gasteiger charge is 2.56. The minimum atomic E-state index is -0.779. The summed E-state index contributed by atoms with van der Waals surface area (Å²) in [7, 11) is 1.55. The molecule has 9 nitrogen and oxygen atoms in total. The summed E-state index contributed by atoms with van der Waals surface area (Å²) >= 11 is 8.19. The number of nitrogens with zero attached hydrogens (tertiary/aromatic N) is 3. The number of fused-ring (bicyclic) bond motifs is 2. The molecule has 6 rings (SSSR count). The van der Waals surface area contributed by atoms with Crippen LogP contribution in [0.1, 0.15) is 30.2 Å². The normalized spacial score (nSPS) is 18.8. The number of carbonyl (C=O) groups is 3. The van der Waals surface area contributed by atoms with Gasteiger partial charge in [0.05, 0.1) is 23.7 Å². The lowest BCUT2D eigenvalue weighted by molar-refractivity contribution is -0.122. The second-order valence-electron chi connectivity index (χ2n) is 10.7. The first-order valence-electron chi connectivity index (χ1n) is 14.6. The summed E-state index contributed by atoms with van der Waals surface area (Å²) in [6, 6.07) is 21.5. The molecule has 232 valence electrons. The molecule has 3 aromatic carbocycles. The zero-order valence-corrected chi connectivity index (χ0v) is 27.2. The Morgan fingerprint density at radius 3 is 2.22 bits per heavy atom. The van der Waals surface area contributed by atoms with E-state index >= 15 is 0 Å². The van der Waals surface area contributed by atoms with Gasteiger partial charge in [0.25, 0.3) is 0 Å². The van der Waals surface area contributed by atoms with Crippen LogP contribution in [0.4, 0.5) is 17.1 Å². The number of benzene rings is 3. The highest BCUT2D eigenvalue weighted by Crippen LogP contribution is 2.54. The summed E-state index contributed by atoms with van der Waals surface area (Å²) in [4.78, 5) is 58.5. The molecule has 3 heterocycles. The third kappa shape index (κ3) is 5.76. The molecule has 12 heteroatoms. The van der Waals surface area contributed by atoms with Crippen LogP contribution >= 0.6 is 34.7 Å². The summed E-state index contributed by atoms with van der Waals surface area (Å²) in [6.45, 7) is 5.63. The highest BCUT2D eigenvalue weighted by atomic mass is 35.5. The summed E-state index contributed by atoms with van der Waals surface area (Å²) in [6.07, 6.45) is 0. The zero-order chi connectivity index (χ0) is 31.8. The minimum Gasteiger partial charge on any atom is -0.497 e. The molecular formula is C33H31ClN4O5S2. The molecule has 2 aliphatic rings. The third-order valence-corrected chi connectivity index (χ3v) is 11.0. The van der Waals surface area contributed by atoms with Gasteiger partial charge in [-0.15, -0.1) is 0 Å².